The van der Waals surface area contributed by atoms with Crippen LogP contribution >= 0.6 is 24.0 Å². The van der Waals surface area contributed by atoms with Crippen LogP contribution in [-0.2, 0) is 11.2 Å². The van der Waals surface area contributed by atoms with Gasteiger partial charge in [0, 0.05) is 24.5 Å². The molecule has 142 valence electrons. The standard InChI is InChI=1S/C19H29ClN2O2.ClH/c1-3-14-6-9-22(10-7-14)8-4-5-16(23)11-15-12-17(20)18(21)13-19(15)24-2;/h12-14H,3-11,21H2,1-2H3;1H. The summed E-state index contributed by atoms with van der Waals surface area (Å²) in [4.78, 5) is 14.8. The number of piperidine rings is 1. The Hall–Kier alpha value is -0.970. The molecule has 1 aliphatic rings. The first-order valence-corrected chi connectivity index (χ1v) is 9.27. The molecule has 2 N–H and O–H groups in total. The number of nitrogen functional groups attached to an aromatic ring is 1. The molecule has 0 aliphatic carbocycles. The van der Waals surface area contributed by atoms with Crippen LogP contribution in [0.2, 0.25) is 5.02 Å². The molecule has 0 amide bonds. The minimum atomic E-state index is 0. The van der Waals surface area contributed by atoms with Crippen LogP contribution in [0, 0.1) is 5.92 Å². The molecule has 1 aliphatic heterocycles. The van der Waals surface area contributed by atoms with E-state index in [4.69, 9.17) is 22.1 Å². The van der Waals surface area contributed by atoms with Crippen molar-refractivity contribution in [2.45, 2.75) is 45.4 Å². The predicted molar refractivity (Wildman–Crippen MR) is 107 cm³/mol. The van der Waals surface area contributed by atoms with Gasteiger partial charge in [0.2, 0.25) is 0 Å². The van der Waals surface area contributed by atoms with Gasteiger partial charge in [-0.3, -0.25) is 4.79 Å². The molecule has 1 aromatic rings. The first-order valence-electron chi connectivity index (χ1n) is 8.89. The number of hydrogen-bond donors (Lipinski definition) is 1. The van der Waals surface area contributed by atoms with Gasteiger partial charge in [-0.25, -0.2) is 0 Å². The molecule has 1 fully saturated rings. The summed E-state index contributed by atoms with van der Waals surface area (Å²) in [6.07, 6.45) is 5.75. The second-order valence-electron chi connectivity index (χ2n) is 6.70. The number of nitrogens with two attached hydrogens (primary N) is 1. The fourth-order valence-corrected chi connectivity index (χ4v) is 3.54. The smallest absolute Gasteiger partial charge is 0.137 e. The van der Waals surface area contributed by atoms with Crippen molar-refractivity contribution in [2.24, 2.45) is 5.92 Å². The average molecular weight is 389 g/mol. The Labute approximate surface area is 162 Å². The van der Waals surface area contributed by atoms with Gasteiger partial charge in [-0.2, -0.15) is 0 Å². The van der Waals surface area contributed by atoms with E-state index in [1.807, 2.05) is 0 Å². The van der Waals surface area contributed by atoms with E-state index >= 15 is 0 Å². The Morgan fingerprint density at radius 1 is 1.36 bits per heavy atom. The summed E-state index contributed by atoms with van der Waals surface area (Å²) >= 11 is 6.06. The number of nitrogens with zero attached hydrogens (tertiary/aromatic N) is 1. The lowest BCUT2D eigenvalue weighted by molar-refractivity contribution is -0.118. The summed E-state index contributed by atoms with van der Waals surface area (Å²) in [7, 11) is 1.58. The van der Waals surface area contributed by atoms with E-state index in [-0.39, 0.29) is 18.2 Å². The monoisotopic (exact) mass is 388 g/mol. The van der Waals surface area contributed by atoms with E-state index in [0.717, 1.165) is 24.4 Å². The molecule has 1 heterocycles. The van der Waals surface area contributed by atoms with E-state index in [1.54, 1.807) is 19.2 Å². The lowest BCUT2D eigenvalue weighted by atomic mass is 9.94. The highest BCUT2D eigenvalue weighted by Gasteiger charge is 2.18. The first kappa shape index (κ1) is 22.1. The Kier molecular flexibility index (Phi) is 9.62. The summed E-state index contributed by atoms with van der Waals surface area (Å²) in [5, 5.41) is 0.470. The van der Waals surface area contributed by atoms with Crippen LogP contribution in [0.25, 0.3) is 0 Å². The van der Waals surface area contributed by atoms with Crippen molar-refractivity contribution >= 4 is 35.5 Å². The highest BCUT2D eigenvalue weighted by molar-refractivity contribution is 6.33. The number of ketones is 1. The Morgan fingerprint density at radius 2 is 2.04 bits per heavy atom. The number of hydrogen-bond acceptors (Lipinski definition) is 4. The fourth-order valence-electron chi connectivity index (χ4n) is 3.36. The molecule has 0 radical (unpaired) electrons. The van der Waals surface area contributed by atoms with Gasteiger partial charge < -0.3 is 15.4 Å². The van der Waals surface area contributed by atoms with Crippen LogP contribution in [-0.4, -0.2) is 37.4 Å². The van der Waals surface area contributed by atoms with Crippen molar-refractivity contribution in [1.29, 1.82) is 0 Å². The molecule has 25 heavy (non-hydrogen) atoms. The summed E-state index contributed by atoms with van der Waals surface area (Å²) < 4.78 is 5.30. The lowest BCUT2D eigenvalue weighted by Gasteiger charge is -2.31. The van der Waals surface area contributed by atoms with Crippen LogP contribution in [0.5, 0.6) is 5.75 Å². The molecule has 0 aromatic heterocycles. The summed E-state index contributed by atoms with van der Waals surface area (Å²) in [5.41, 5.74) is 7.06. The fraction of sp³-hybridized carbons (Fsp3) is 0.632. The Balaban J connectivity index is 0.00000312. The van der Waals surface area contributed by atoms with Crippen LogP contribution < -0.4 is 10.5 Å². The highest BCUT2D eigenvalue weighted by Crippen LogP contribution is 2.29. The number of carbonyl (C=O) groups excluding carboxylic acids is 1. The molecule has 2 rings (SSSR count). The largest absolute Gasteiger partial charge is 0.496 e. The molecule has 6 heteroatoms. The van der Waals surface area contributed by atoms with Crippen molar-refractivity contribution in [1.82, 2.24) is 4.90 Å². The van der Waals surface area contributed by atoms with Crippen molar-refractivity contribution in [3.8, 4) is 5.75 Å². The molecular weight excluding hydrogens is 359 g/mol. The second-order valence-corrected chi connectivity index (χ2v) is 7.11. The number of ether oxygens (including phenoxy) is 1. The van der Waals surface area contributed by atoms with Crippen molar-refractivity contribution < 1.29 is 9.53 Å². The number of methoxy groups -OCH3 is 1. The van der Waals surface area contributed by atoms with Gasteiger partial charge in [0.15, 0.2) is 0 Å². The molecule has 0 bridgehead atoms. The van der Waals surface area contributed by atoms with Gasteiger partial charge >= 0.3 is 0 Å². The van der Waals surface area contributed by atoms with E-state index < -0.39 is 0 Å². The van der Waals surface area contributed by atoms with Gasteiger partial charge in [-0.05, 0) is 50.9 Å². The zero-order valence-corrected chi connectivity index (χ0v) is 16.8. The number of Topliss-reactive ketones (excluding diaryl/α,β-unsaturated/α-hetero) is 1. The first-order chi connectivity index (χ1) is 11.5. The number of benzene rings is 1. The maximum atomic E-state index is 12.3. The van der Waals surface area contributed by atoms with Crippen LogP contribution in [0.3, 0.4) is 0 Å². The molecule has 0 spiro atoms. The van der Waals surface area contributed by atoms with E-state index in [0.29, 0.717) is 29.3 Å². The van der Waals surface area contributed by atoms with Crippen molar-refractivity contribution in [3.63, 3.8) is 0 Å². The van der Waals surface area contributed by atoms with E-state index in [9.17, 15) is 4.79 Å². The van der Waals surface area contributed by atoms with Crippen LogP contribution in [0.15, 0.2) is 12.1 Å². The second kappa shape index (κ2) is 10.9. The van der Waals surface area contributed by atoms with Crippen LogP contribution in [0.4, 0.5) is 5.69 Å². The highest BCUT2D eigenvalue weighted by atomic mass is 35.5. The average Bonchev–Trinajstić information content (AvgIpc) is 2.58. The molecule has 0 atom stereocenters. The minimum absolute atomic E-state index is 0. The number of carbonyl (C=O) groups is 1. The lowest BCUT2D eigenvalue weighted by Crippen LogP contribution is -2.34. The van der Waals surface area contributed by atoms with Gasteiger partial charge in [-0.1, -0.05) is 24.9 Å². The Bertz CT molecular complexity index is 559. The molecule has 0 unspecified atom stereocenters. The van der Waals surface area contributed by atoms with Crippen LogP contribution in [0.1, 0.15) is 44.6 Å². The number of halogens is 2. The third kappa shape index (κ3) is 6.69. The van der Waals surface area contributed by atoms with E-state index in [1.165, 1.54) is 32.4 Å². The van der Waals surface area contributed by atoms with Gasteiger partial charge in [-0.15, -0.1) is 12.4 Å². The summed E-state index contributed by atoms with van der Waals surface area (Å²) in [5.74, 6) is 1.75. The zero-order valence-electron chi connectivity index (χ0n) is 15.2. The quantitative estimate of drug-likeness (QED) is 0.671. The van der Waals surface area contributed by atoms with E-state index in [2.05, 4.69) is 11.8 Å². The maximum absolute atomic E-state index is 12.3. The maximum Gasteiger partial charge on any atom is 0.137 e. The minimum Gasteiger partial charge on any atom is -0.496 e. The topological polar surface area (TPSA) is 55.6 Å². The molecule has 1 saturated heterocycles. The summed E-state index contributed by atoms with van der Waals surface area (Å²) in [6.45, 7) is 5.64. The van der Waals surface area contributed by atoms with Crippen molar-refractivity contribution in [2.75, 3.05) is 32.5 Å². The molecule has 0 saturated carbocycles. The number of anilines is 1. The third-order valence-corrected chi connectivity index (χ3v) is 5.33. The predicted octanol–water partition coefficient (Wildman–Crippen LogP) is 4.37. The molecule has 4 nitrogen and oxygen atoms in total. The van der Waals surface area contributed by atoms with Crippen molar-refractivity contribution in [3.05, 3.63) is 22.7 Å². The number of rotatable bonds is 8. The zero-order chi connectivity index (χ0) is 17.5. The van der Waals surface area contributed by atoms with Gasteiger partial charge in [0.05, 0.1) is 17.8 Å². The molecular formula is C19H30Cl2N2O2. The Morgan fingerprint density at radius 3 is 2.64 bits per heavy atom. The molecule has 1 aromatic carbocycles. The van der Waals surface area contributed by atoms with Gasteiger partial charge in [0.25, 0.3) is 0 Å². The van der Waals surface area contributed by atoms with Gasteiger partial charge in [0.1, 0.15) is 11.5 Å². The number of likely N-dealkylation sites (tertiary alicyclic amines) is 1. The third-order valence-electron chi connectivity index (χ3n) is 5.00. The summed E-state index contributed by atoms with van der Waals surface area (Å²) in [6, 6.07) is 3.42. The SMILES string of the molecule is CCC1CCN(CCCC(=O)Cc2cc(Cl)c(N)cc2OC)CC1.Cl. The normalized spacial score (nSPS) is 15.6.